The van der Waals surface area contributed by atoms with E-state index in [0.717, 1.165) is 17.0 Å². The highest BCUT2D eigenvalue weighted by atomic mass is 28.3. The zero-order valence-corrected chi connectivity index (χ0v) is 23.7. The highest BCUT2D eigenvalue weighted by Crippen LogP contribution is 2.39. The van der Waals surface area contributed by atoms with Gasteiger partial charge >= 0.3 is 0 Å². The van der Waals surface area contributed by atoms with E-state index in [0.29, 0.717) is 11.8 Å². The molecule has 2 heteroatoms. The van der Waals surface area contributed by atoms with Crippen molar-refractivity contribution in [2.75, 3.05) is 0 Å². The van der Waals surface area contributed by atoms with Crippen molar-refractivity contribution in [3.63, 3.8) is 0 Å². The van der Waals surface area contributed by atoms with Gasteiger partial charge in [-0.15, -0.1) is 0 Å². The number of hydrogen-bond donors (Lipinski definition) is 0. The molecule has 0 bridgehead atoms. The Hall–Kier alpha value is -1.41. The third kappa shape index (κ3) is 7.54. The van der Waals surface area contributed by atoms with Crippen molar-refractivity contribution < 1.29 is 4.39 Å². The largest absolute Gasteiger partial charge is 0.206 e. The van der Waals surface area contributed by atoms with E-state index in [-0.39, 0.29) is 5.82 Å². The Kier molecular flexibility index (Phi) is 10.5. The van der Waals surface area contributed by atoms with Crippen molar-refractivity contribution >= 4 is 8.80 Å². The lowest BCUT2D eigenvalue weighted by atomic mass is 9.77. The summed E-state index contributed by atoms with van der Waals surface area (Å²) in [6.45, 7) is 4.59. The molecular formula is C33H49FSi. The second-order valence-electron chi connectivity index (χ2n) is 11.8. The SMILES string of the molecule is CCCCC[SiH]1CCC(c2ccc(-c3ccc([C@H]4CC[C@H](CCCCC)CC4)cc3)c(F)c2)CC1. The van der Waals surface area contributed by atoms with Crippen molar-refractivity contribution in [1.82, 2.24) is 0 Å². The third-order valence-corrected chi connectivity index (χ3v) is 12.8. The standard InChI is InChI=1S/C33H49FSi/c1-3-5-7-9-26-10-12-27(13-11-26)28-14-16-30(17-15-28)32-19-18-31(25-33(32)34)29-20-23-35(24-21-29)22-8-6-4-2/h14-19,25-27,29,35H,3-13,20-24H2,1-2H3/t26-,27-,29?,35?. The fraction of sp³-hybridized carbons (Fsp3) is 0.636. The van der Waals surface area contributed by atoms with E-state index >= 15 is 4.39 Å². The van der Waals surface area contributed by atoms with E-state index in [9.17, 15) is 0 Å². The minimum absolute atomic E-state index is 0.0369. The Labute approximate surface area is 216 Å². The number of benzene rings is 2. The molecule has 2 aromatic rings. The average Bonchev–Trinajstić information content (AvgIpc) is 2.90. The normalized spacial score (nSPS) is 25.0. The molecule has 1 aliphatic heterocycles. The van der Waals surface area contributed by atoms with Crippen LogP contribution in [0.3, 0.4) is 0 Å². The van der Waals surface area contributed by atoms with Crippen molar-refractivity contribution in [2.45, 2.75) is 127 Å². The summed E-state index contributed by atoms with van der Waals surface area (Å²) in [4.78, 5) is 0. The fourth-order valence-corrected chi connectivity index (χ4v) is 10.4. The van der Waals surface area contributed by atoms with Gasteiger partial charge in [0.2, 0.25) is 0 Å². The summed E-state index contributed by atoms with van der Waals surface area (Å²) in [5, 5.41) is 0. The first kappa shape index (κ1) is 26.6. The highest BCUT2D eigenvalue weighted by Gasteiger charge is 2.24. The van der Waals surface area contributed by atoms with Crippen LogP contribution in [0.5, 0.6) is 0 Å². The Morgan fingerprint density at radius 2 is 1.34 bits per heavy atom. The lowest BCUT2D eigenvalue weighted by Crippen LogP contribution is -2.20. The summed E-state index contributed by atoms with van der Waals surface area (Å²) < 4.78 is 15.2. The molecule has 1 saturated heterocycles. The first-order valence-electron chi connectivity index (χ1n) is 15.1. The molecule has 0 radical (unpaired) electrons. The van der Waals surface area contributed by atoms with Gasteiger partial charge in [-0.25, -0.2) is 4.39 Å². The molecule has 2 aliphatic rings. The summed E-state index contributed by atoms with van der Waals surface area (Å²) in [5.41, 5.74) is 4.48. The van der Waals surface area contributed by atoms with Crippen LogP contribution in [0.4, 0.5) is 4.39 Å². The van der Waals surface area contributed by atoms with Gasteiger partial charge in [-0.05, 0) is 79.0 Å². The van der Waals surface area contributed by atoms with Crippen molar-refractivity contribution in [1.29, 1.82) is 0 Å². The number of unbranched alkanes of at least 4 members (excludes halogenated alkanes) is 4. The van der Waals surface area contributed by atoms with Crippen LogP contribution in [0.25, 0.3) is 11.1 Å². The molecule has 2 fully saturated rings. The molecule has 0 atom stereocenters. The smallest absolute Gasteiger partial charge is 0.131 e. The molecule has 1 aliphatic carbocycles. The van der Waals surface area contributed by atoms with Crippen LogP contribution in [0.2, 0.25) is 18.1 Å². The predicted octanol–water partition coefficient (Wildman–Crippen LogP) is 10.6. The Morgan fingerprint density at radius 1 is 0.714 bits per heavy atom. The topological polar surface area (TPSA) is 0 Å². The number of hydrogen-bond acceptors (Lipinski definition) is 0. The molecule has 0 spiro atoms. The van der Waals surface area contributed by atoms with Gasteiger partial charge in [-0.1, -0.05) is 113 Å². The first-order valence-corrected chi connectivity index (χ1v) is 17.5. The molecule has 35 heavy (non-hydrogen) atoms. The van der Waals surface area contributed by atoms with E-state index in [4.69, 9.17) is 0 Å². The van der Waals surface area contributed by atoms with Gasteiger partial charge in [0.05, 0.1) is 0 Å². The summed E-state index contributed by atoms with van der Waals surface area (Å²) in [6.07, 6.45) is 17.7. The van der Waals surface area contributed by atoms with Crippen LogP contribution in [-0.2, 0) is 0 Å². The third-order valence-electron chi connectivity index (χ3n) is 9.28. The molecule has 0 amide bonds. The maximum Gasteiger partial charge on any atom is 0.131 e. The fourth-order valence-electron chi connectivity index (χ4n) is 6.89. The van der Waals surface area contributed by atoms with Crippen molar-refractivity contribution in [3.8, 4) is 11.1 Å². The zero-order chi connectivity index (χ0) is 24.5. The summed E-state index contributed by atoms with van der Waals surface area (Å²) >= 11 is 0. The van der Waals surface area contributed by atoms with E-state index in [1.807, 2.05) is 12.1 Å². The van der Waals surface area contributed by atoms with E-state index in [1.54, 1.807) is 0 Å². The van der Waals surface area contributed by atoms with Gasteiger partial charge in [-0.3, -0.25) is 0 Å². The molecule has 1 heterocycles. The minimum atomic E-state index is -0.513. The summed E-state index contributed by atoms with van der Waals surface area (Å²) in [5.74, 6) is 2.18. The lowest BCUT2D eigenvalue weighted by Gasteiger charge is -2.29. The van der Waals surface area contributed by atoms with Gasteiger partial charge in [-0.2, -0.15) is 0 Å². The maximum atomic E-state index is 15.2. The quantitative estimate of drug-likeness (QED) is 0.216. The van der Waals surface area contributed by atoms with Gasteiger partial charge in [0, 0.05) is 14.4 Å². The number of rotatable bonds is 11. The lowest BCUT2D eigenvalue weighted by molar-refractivity contribution is 0.303. The van der Waals surface area contributed by atoms with E-state index in [1.165, 1.54) is 113 Å². The predicted molar refractivity (Wildman–Crippen MR) is 154 cm³/mol. The summed E-state index contributed by atoms with van der Waals surface area (Å²) in [7, 11) is -0.513. The van der Waals surface area contributed by atoms with Gasteiger partial charge in [0.15, 0.2) is 0 Å². The van der Waals surface area contributed by atoms with Crippen LogP contribution in [0.1, 0.15) is 120 Å². The minimum Gasteiger partial charge on any atom is -0.206 e. The highest BCUT2D eigenvalue weighted by molar-refractivity contribution is 6.59. The molecule has 0 unspecified atom stereocenters. The molecule has 4 rings (SSSR count). The molecule has 0 N–H and O–H groups in total. The van der Waals surface area contributed by atoms with E-state index < -0.39 is 8.80 Å². The molecule has 2 aromatic carbocycles. The van der Waals surface area contributed by atoms with E-state index in [2.05, 4.69) is 44.2 Å². The summed E-state index contributed by atoms with van der Waals surface area (Å²) in [6, 6.07) is 19.4. The Morgan fingerprint density at radius 3 is 2.00 bits per heavy atom. The Bertz CT molecular complexity index is 872. The molecule has 1 saturated carbocycles. The molecule has 192 valence electrons. The second-order valence-corrected chi connectivity index (χ2v) is 15.3. The average molecular weight is 493 g/mol. The first-order chi connectivity index (χ1) is 17.2. The monoisotopic (exact) mass is 492 g/mol. The molecule has 0 nitrogen and oxygen atoms in total. The van der Waals surface area contributed by atoms with Crippen LogP contribution < -0.4 is 0 Å². The second kappa shape index (κ2) is 13.8. The number of halogens is 1. The van der Waals surface area contributed by atoms with Gasteiger partial charge in [0.1, 0.15) is 5.82 Å². The van der Waals surface area contributed by atoms with Gasteiger partial charge < -0.3 is 0 Å². The molecular weight excluding hydrogens is 443 g/mol. The van der Waals surface area contributed by atoms with Crippen molar-refractivity contribution in [2.24, 2.45) is 5.92 Å². The van der Waals surface area contributed by atoms with Crippen LogP contribution in [-0.4, -0.2) is 8.80 Å². The van der Waals surface area contributed by atoms with Gasteiger partial charge in [0.25, 0.3) is 0 Å². The van der Waals surface area contributed by atoms with Crippen molar-refractivity contribution in [3.05, 3.63) is 59.4 Å². The maximum absolute atomic E-state index is 15.2. The zero-order valence-electron chi connectivity index (χ0n) is 22.5. The van der Waals surface area contributed by atoms with Crippen LogP contribution in [0.15, 0.2) is 42.5 Å². The van der Waals surface area contributed by atoms with Crippen LogP contribution >= 0.6 is 0 Å². The molecule has 0 aromatic heterocycles. The van der Waals surface area contributed by atoms with Crippen LogP contribution in [0, 0.1) is 11.7 Å². The Balaban J connectivity index is 1.30.